The molecule has 1 rings (SSSR count). The summed E-state index contributed by atoms with van der Waals surface area (Å²) in [5, 5.41) is 0. The second-order valence-corrected chi connectivity index (χ2v) is 3.27. The van der Waals surface area contributed by atoms with Crippen molar-refractivity contribution in [2.75, 3.05) is 0 Å². The van der Waals surface area contributed by atoms with E-state index in [4.69, 9.17) is 4.42 Å². The van der Waals surface area contributed by atoms with Gasteiger partial charge in [-0.25, -0.2) is 4.98 Å². The molecule has 0 amide bonds. The number of oxazole rings is 1. The van der Waals surface area contributed by atoms with Gasteiger partial charge in [0.25, 0.3) is 0 Å². The van der Waals surface area contributed by atoms with Crippen molar-refractivity contribution in [3.05, 3.63) is 17.8 Å². The monoisotopic (exact) mass is 181 g/mol. The molecule has 0 aliphatic heterocycles. The first-order valence-corrected chi connectivity index (χ1v) is 4.68. The van der Waals surface area contributed by atoms with Crippen LogP contribution < -0.4 is 0 Å². The number of hydrogen-bond donors (Lipinski definition) is 0. The van der Waals surface area contributed by atoms with Crippen molar-refractivity contribution in [2.45, 2.75) is 39.0 Å². The Bertz CT molecular complexity index is 268. The lowest BCUT2D eigenvalue weighted by Crippen LogP contribution is -1.94. The SMILES string of the molecule is CCCC[C@@H](C)c1nc(C=O)co1. The van der Waals surface area contributed by atoms with Gasteiger partial charge < -0.3 is 4.42 Å². The van der Waals surface area contributed by atoms with Crippen LogP contribution in [-0.4, -0.2) is 11.3 Å². The van der Waals surface area contributed by atoms with E-state index in [2.05, 4.69) is 18.8 Å². The zero-order chi connectivity index (χ0) is 9.68. The van der Waals surface area contributed by atoms with Gasteiger partial charge in [-0.2, -0.15) is 0 Å². The standard InChI is InChI=1S/C10H15NO2/c1-3-4-5-8(2)10-11-9(6-12)7-13-10/h6-8H,3-5H2,1-2H3/t8-/m1/s1. The average Bonchev–Trinajstić information content (AvgIpc) is 2.62. The quantitative estimate of drug-likeness (QED) is 0.656. The third kappa shape index (κ3) is 2.68. The molecular formula is C10H15NO2. The van der Waals surface area contributed by atoms with Crippen LogP contribution in [0.15, 0.2) is 10.7 Å². The van der Waals surface area contributed by atoms with E-state index in [0.29, 0.717) is 23.8 Å². The molecule has 1 heterocycles. The lowest BCUT2D eigenvalue weighted by molar-refractivity contribution is 0.111. The Balaban J connectivity index is 2.54. The van der Waals surface area contributed by atoms with Gasteiger partial charge in [-0.15, -0.1) is 0 Å². The molecule has 0 N–H and O–H groups in total. The number of carbonyl (C=O) groups excluding carboxylic acids is 1. The van der Waals surface area contributed by atoms with Crippen LogP contribution in [0.3, 0.4) is 0 Å². The second-order valence-electron chi connectivity index (χ2n) is 3.27. The summed E-state index contributed by atoms with van der Waals surface area (Å²) in [5.74, 6) is 0.990. The predicted octanol–water partition coefficient (Wildman–Crippen LogP) is 2.78. The first-order valence-electron chi connectivity index (χ1n) is 4.68. The largest absolute Gasteiger partial charge is 0.448 e. The smallest absolute Gasteiger partial charge is 0.197 e. The molecule has 0 fully saturated rings. The molecule has 3 heteroatoms. The summed E-state index contributed by atoms with van der Waals surface area (Å²) in [5.41, 5.74) is 0.387. The third-order valence-electron chi connectivity index (χ3n) is 2.07. The average molecular weight is 181 g/mol. The number of aldehydes is 1. The molecular weight excluding hydrogens is 166 g/mol. The molecule has 0 aliphatic rings. The topological polar surface area (TPSA) is 43.1 Å². The highest BCUT2D eigenvalue weighted by Gasteiger charge is 2.11. The van der Waals surface area contributed by atoms with Crippen molar-refractivity contribution in [3.8, 4) is 0 Å². The highest BCUT2D eigenvalue weighted by Crippen LogP contribution is 2.19. The highest BCUT2D eigenvalue weighted by atomic mass is 16.3. The first-order chi connectivity index (χ1) is 6.27. The third-order valence-corrected chi connectivity index (χ3v) is 2.07. The van der Waals surface area contributed by atoms with Crippen molar-refractivity contribution >= 4 is 6.29 Å². The molecule has 72 valence electrons. The van der Waals surface area contributed by atoms with Gasteiger partial charge >= 0.3 is 0 Å². The van der Waals surface area contributed by atoms with E-state index in [1.54, 1.807) is 0 Å². The molecule has 1 aromatic rings. The van der Waals surface area contributed by atoms with Crippen LogP contribution in [0.25, 0.3) is 0 Å². The lowest BCUT2D eigenvalue weighted by atomic mass is 10.0. The van der Waals surface area contributed by atoms with E-state index in [0.717, 1.165) is 6.42 Å². The second kappa shape index (κ2) is 4.80. The van der Waals surface area contributed by atoms with Gasteiger partial charge in [-0.1, -0.05) is 26.7 Å². The van der Waals surface area contributed by atoms with Crippen LogP contribution in [-0.2, 0) is 0 Å². The van der Waals surface area contributed by atoms with Crippen molar-refractivity contribution in [1.82, 2.24) is 4.98 Å². The number of hydrogen-bond acceptors (Lipinski definition) is 3. The molecule has 3 nitrogen and oxygen atoms in total. The fourth-order valence-corrected chi connectivity index (χ4v) is 1.21. The van der Waals surface area contributed by atoms with Gasteiger partial charge in [-0.05, 0) is 6.42 Å². The van der Waals surface area contributed by atoms with Crippen LogP contribution in [0.5, 0.6) is 0 Å². The summed E-state index contributed by atoms with van der Waals surface area (Å²) in [6, 6.07) is 0. The van der Waals surface area contributed by atoms with Gasteiger partial charge in [0, 0.05) is 5.92 Å². The van der Waals surface area contributed by atoms with Crippen molar-refractivity contribution in [3.63, 3.8) is 0 Å². The molecule has 0 radical (unpaired) electrons. The normalized spacial score (nSPS) is 12.8. The Hall–Kier alpha value is -1.12. The molecule has 0 saturated carbocycles. The molecule has 0 aromatic carbocycles. The number of unbranched alkanes of at least 4 members (excludes halogenated alkanes) is 1. The van der Waals surface area contributed by atoms with E-state index in [1.165, 1.54) is 19.1 Å². The van der Waals surface area contributed by atoms with Gasteiger partial charge in [-0.3, -0.25) is 4.79 Å². The fourth-order valence-electron chi connectivity index (χ4n) is 1.21. The van der Waals surface area contributed by atoms with Crippen LogP contribution in [0, 0.1) is 0 Å². The van der Waals surface area contributed by atoms with E-state index >= 15 is 0 Å². The molecule has 0 aliphatic carbocycles. The Morgan fingerprint density at radius 3 is 3.00 bits per heavy atom. The van der Waals surface area contributed by atoms with Crippen molar-refractivity contribution in [1.29, 1.82) is 0 Å². The zero-order valence-corrected chi connectivity index (χ0v) is 8.12. The highest BCUT2D eigenvalue weighted by molar-refractivity contribution is 5.70. The number of aromatic nitrogens is 1. The molecule has 0 bridgehead atoms. The lowest BCUT2D eigenvalue weighted by Gasteiger charge is -2.04. The molecule has 1 aromatic heterocycles. The van der Waals surface area contributed by atoms with Crippen molar-refractivity contribution in [2.24, 2.45) is 0 Å². The van der Waals surface area contributed by atoms with Gasteiger partial charge in [0.15, 0.2) is 12.2 Å². The molecule has 0 saturated heterocycles. The van der Waals surface area contributed by atoms with Gasteiger partial charge in [0.05, 0.1) is 0 Å². The minimum Gasteiger partial charge on any atom is -0.448 e. The van der Waals surface area contributed by atoms with Gasteiger partial charge in [0.1, 0.15) is 12.0 Å². The zero-order valence-electron chi connectivity index (χ0n) is 8.12. The predicted molar refractivity (Wildman–Crippen MR) is 49.8 cm³/mol. The summed E-state index contributed by atoms with van der Waals surface area (Å²) in [4.78, 5) is 14.4. The molecule has 0 spiro atoms. The minimum absolute atomic E-state index is 0.314. The number of nitrogens with zero attached hydrogens (tertiary/aromatic N) is 1. The van der Waals surface area contributed by atoms with E-state index in [9.17, 15) is 4.79 Å². The number of carbonyl (C=O) groups is 1. The summed E-state index contributed by atoms with van der Waals surface area (Å²) in [6.07, 6.45) is 5.52. The van der Waals surface area contributed by atoms with Crippen LogP contribution in [0.4, 0.5) is 0 Å². The van der Waals surface area contributed by atoms with Crippen LogP contribution in [0.2, 0.25) is 0 Å². The first kappa shape index (κ1) is 9.96. The molecule has 0 unspecified atom stereocenters. The summed E-state index contributed by atoms with van der Waals surface area (Å²) < 4.78 is 5.17. The fraction of sp³-hybridized carbons (Fsp3) is 0.600. The summed E-state index contributed by atoms with van der Waals surface area (Å²) in [7, 11) is 0. The maximum atomic E-state index is 10.3. The Morgan fingerprint density at radius 2 is 2.46 bits per heavy atom. The number of rotatable bonds is 5. The van der Waals surface area contributed by atoms with E-state index in [-0.39, 0.29) is 0 Å². The van der Waals surface area contributed by atoms with Crippen molar-refractivity contribution < 1.29 is 9.21 Å². The molecule has 1 atom stereocenters. The maximum absolute atomic E-state index is 10.3. The van der Waals surface area contributed by atoms with E-state index in [1.807, 2.05) is 0 Å². The molecule has 13 heavy (non-hydrogen) atoms. The maximum Gasteiger partial charge on any atom is 0.197 e. The van der Waals surface area contributed by atoms with E-state index < -0.39 is 0 Å². The van der Waals surface area contributed by atoms with Crippen LogP contribution in [0.1, 0.15) is 55.4 Å². The van der Waals surface area contributed by atoms with Gasteiger partial charge in [0.2, 0.25) is 0 Å². The minimum atomic E-state index is 0.314. The Kier molecular flexibility index (Phi) is 3.68. The summed E-state index contributed by atoms with van der Waals surface area (Å²) >= 11 is 0. The summed E-state index contributed by atoms with van der Waals surface area (Å²) in [6.45, 7) is 4.22. The Labute approximate surface area is 78.2 Å². The van der Waals surface area contributed by atoms with Crippen LogP contribution >= 0.6 is 0 Å². The Morgan fingerprint density at radius 1 is 1.69 bits per heavy atom.